The quantitative estimate of drug-likeness (QED) is 0.632. The molecule has 2 rings (SSSR count). The molecule has 2 unspecified atom stereocenters. The number of hydrogen-bond donors (Lipinski definition) is 2. The second-order valence-corrected chi connectivity index (χ2v) is 5.37. The number of amides is 1. The molecule has 1 aliphatic rings. The first kappa shape index (κ1) is 13.8. The SMILES string of the molecule is Cc1cc(C(=O)N2C(C)CCCC2C)cc(NN)n1. The Morgan fingerprint density at radius 1 is 1.37 bits per heavy atom. The van der Waals surface area contributed by atoms with E-state index in [9.17, 15) is 4.79 Å². The molecule has 0 spiro atoms. The molecule has 1 fully saturated rings. The number of hydrogen-bond acceptors (Lipinski definition) is 4. The van der Waals surface area contributed by atoms with Crippen molar-refractivity contribution in [3.63, 3.8) is 0 Å². The lowest BCUT2D eigenvalue weighted by molar-refractivity contribution is 0.0510. The zero-order chi connectivity index (χ0) is 14.0. The number of nitrogens with one attached hydrogen (secondary N) is 1. The van der Waals surface area contributed by atoms with Gasteiger partial charge in [0.25, 0.3) is 5.91 Å². The van der Waals surface area contributed by atoms with Crippen molar-refractivity contribution in [3.05, 3.63) is 23.4 Å². The van der Waals surface area contributed by atoms with Gasteiger partial charge in [0.15, 0.2) is 0 Å². The first-order valence-corrected chi connectivity index (χ1v) is 6.81. The van der Waals surface area contributed by atoms with Gasteiger partial charge in [-0.3, -0.25) is 4.79 Å². The Morgan fingerprint density at radius 3 is 2.58 bits per heavy atom. The fourth-order valence-corrected chi connectivity index (χ4v) is 2.84. The Morgan fingerprint density at radius 2 is 2.00 bits per heavy atom. The minimum atomic E-state index is 0.0710. The zero-order valence-corrected chi connectivity index (χ0v) is 11.8. The minimum absolute atomic E-state index is 0.0710. The summed E-state index contributed by atoms with van der Waals surface area (Å²) in [5, 5.41) is 0. The van der Waals surface area contributed by atoms with E-state index in [2.05, 4.69) is 24.3 Å². The van der Waals surface area contributed by atoms with E-state index in [4.69, 9.17) is 5.84 Å². The van der Waals surface area contributed by atoms with Crippen LogP contribution in [0.5, 0.6) is 0 Å². The zero-order valence-electron chi connectivity index (χ0n) is 11.8. The molecule has 19 heavy (non-hydrogen) atoms. The molecule has 2 atom stereocenters. The summed E-state index contributed by atoms with van der Waals surface area (Å²) in [5.74, 6) is 5.98. The lowest BCUT2D eigenvalue weighted by Gasteiger charge is -2.39. The molecule has 1 aromatic heterocycles. The summed E-state index contributed by atoms with van der Waals surface area (Å²) in [5.41, 5.74) is 3.95. The summed E-state index contributed by atoms with van der Waals surface area (Å²) in [7, 11) is 0. The fraction of sp³-hybridized carbons (Fsp3) is 0.571. The largest absolute Gasteiger partial charge is 0.333 e. The van der Waals surface area contributed by atoms with Gasteiger partial charge in [-0.2, -0.15) is 0 Å². The standard InChI is InChI=1S/C14H22N4O/c1-9-7-12(8-13(16-9)17-15)14(19)18-10(2)5-4-6-11(18)3/h7-8,10-11H,4-6,15H2,1-3H3,(H,16,17). The van der Waals surface area contributed by atoms with E-state index in [-0.39, 0.29) is 5.91 Å². The van der Waals surface area contributed by atoms with Crippen LogP contribution in [0.15, 0.2) is 12.1 Å². The molecule has 3 N–H and O–H groups in total. The van der Waals surface area contributed by atoms with Gasteiger partial charge in [0.2, 0.25) is 0 Å². The molecule has 1 amide bonds. The highest BCUT2D eigenvalue weighted by molar-refractivity contribution is 5.95. The van der Waals surface area contributed by atoms with Crippen LogP contribution in [0.4, 0.5) is 5.82 Å². The third-order valence-corrected chi connectivity index (χ3v) is 3.78. The number of carbonyl (C=O) groups is 1. The van der Waals surface area contributed by atoms with Crippen LogP contribution in [-0.2, 0) is 0 Å². The van der Waals surface area contributed by atoms with Gasteiger partial charge in [-0.15, -0.1) is 0 Å². The molecule has 0 bridgehead atoms. The Labute approximate surface area is 114 Å². The smallest absolute Gasteiger partial charge is 0.254 e. The highest BCUT2D eigenvalue weighted by Gasteiger charge is 2.29. The molecule has 0 aromatic carbocycles. The van der Waals surface area contributed by atoms with E-state index in [0.717, 1.165) is 18.5 Å². The van der Waals surface area contributed by atoms with Crippen molar-refractivity contribution in [1.82, 2.24) is 9.88 Å². The average molecular weight is 262 g/mol. The third-order valence-electron chi connectivity index (χ3n) is 3.78. The van der Waals surface area contributed by atoms with Crippen molar-refractivity contribution in [2.45, 2.75) is 52.1 Å². The number of pyridine rings is 1. The van der Waals surface area contributed by atoms with E-state index >= 15 is 0 Å². The molecule has 104 valence electrons. The van der Waals surface area contributed by atoms with Crippen molar-refractivity contribution >= 4 is 11.7 Å². The van der Waals surface area contributed by atoms with E-state index in [1.54, 1.807) is 6.07 Å². The number of nitrogen functional groups attached to an aromatic ring is 1. The summed E-state index contributed by atoms with van der Waals surface area (Å²) in [6, 6.07) is 4.11. The fourth-order valence-electron chi connectivity index (χ4n) is 2.84. The molecule has 1 saturated heterocycles. The molecule has 2 heterocycles. The second-order valence-electron chi connectivity index (χ2n) is 5.37. The predicted molar refractivity (Wildman–Crippen MR) is 75.7 cm³/mol. The summed E-state index contributed by atoms with van der Waals surface area (Å²) in [6.45, 7) is 6.09. The van der Waals surface area contributed by atoms with Gasteiger partial charge in [-0.25, -0.2) is 10.8 Å². The minimum Gasteiger partial charge on any atom is -0.333 e. The number of rotatable bonds is 2. The van der Waals surface area contributed by atoms with E-state index < -0.39 is 0 Å². The molecule has 5 nitrogen and oxygen atoms in total. The van der Waals surface area contributed by atoms with Gasteiger partial charge in [-0.05, 0) is 52.2 Å². The monoisotopic (exact) mass is 262 g/mol. The molecular weight excluding hydrogens is 240 g/mol. The van der Waals surface area contributed by atoms with Crippen LogP contribution in [0.3, 0.4) is 0 Å². The number of nitrogens with zero attached hydrogens (tertiary/aromatic N) is 2. The number of aryl methyl sites for hydroxylation is 1. The predicted octanol–water partition coefficient (Wildman–Crippen LogP) is 2.08. The number of hydrazine groups is 1. The van der Waals surface area contributed by atoms with Gasteiger partial charge >= 0.3 is 0 Å². The van der Waals surface area contributed by atoms with Crippen LogP contribution in [0.1, 0.15) is 49.2 Å². The average Bonchev–Trinajstić information content (AvgIpc) is 2.37. The number of nitrogens with two attached hydrogens (primary N) is 1. The van der Waals surface area contributed by atoms with Crippen molar-refractivity contribution in [2.24, 2.45) is 5.84 Å². The first-order valence-electron chi connectivity index (χ1n) is 6.81. The van der Waals surface area contributed by atoms with E-state index in [1.165, 1.54) is 6.42 Å². The lowest BCUT2D eigenvalue weighted by Crippen LogP contribution is -2.47. The highest BCUT2D eigenvalue weighted by Crippen LogP contribution is 2.25. The van der Waals surface area contributed by atoms with Gasteiger partial charge in [0.1, 0.15) is 5.82 Å². The second kappa shape index (κ2) is 5.57. The Kier molecular flexibility index (Phi) is 4.04. The van der Waals surface area contributed by atoms with E-state index in [1.807, 2.05) is 17.9 Å². The Bertz CT molecular complexity index is 465. The van der Waals surface area contributed by atoms with Crippen molar-refractivity contribution in [1.29, 1.82) is 0 Å². The lowest BCUT2D eigenvalue weighted by atomic mass is 9.96. The number of likely N-dealkylation sites (tertiary alicyclic amines) is 1. The van der Waals surface area contributed by atoms with Crippen LogP contribution in [0.25, 0.3) is 0 Å². The Balaban J connectivity index is 2.30. The van der Waals surface area contributed by atoms with Gasteiger partial charge < -0.3 is 10.3 Å². The van der Waals surface area contributed by atoms with Crippen LogP contribution >= 0.6 is 0 Å². The molecule has 0 aliphatic carbocycles. The maximum Gasteiger partial charge on any atom is 0.254 e. The third kappa shape index (κ3) is 2.87. The number of aromatic nitrogens is 1. The molecule has 5 heteroatoms. The topological polar surface area (TPSA) is 71.2 Å². The highest BCUT2D eigenvalue weighted by atomic mass is 16.2. The molecule has 0 saturated carbocycles. The van der Waals surface area contributed by atoms with Crippen molar-refractivity contribution < 1.29 is 4.79 Å². The Hall–Kier alpha value is -1.62. The van der Waals surface area contributed by atoms with Gasteiger partial charge in [0.05, 0.1) is 0 Å². The van der Waals surface area contributed by atoms with Crippen LogP contribution < -0.4 is 11.3 Å². The normalized spacial score (nSPS) is 23.3. The first-order chi connectivity index (χ1) is 9.02. The van der Waals surface area contributed by atoms with Crippen LogP contribution in [-0.4, -0.2) is 27.9 Å². The van der Waals surface area contributed by atoms with Gasteiger partial charge in [0, 0.05) is 23.3 Å². The summed E-state index contributed by atoms with van der Waals surface area (Å²) >= 11 is 0. The van der Waals surface area contributed by atoms with Crippen LogP contribution in [0, 0.1) is 6.92 Å². The number of carbonyl (C=O) groups excluding carboxylic acids is 1. The maximum absolute atomic E-state index is 12.7. The van der Waals surface area contributed by atoms with Crippen molar-refractivity contribution in [2.75, 3.05) is 5.43 Å². The molecule has 1 aliphatic heterocycles. The molecule has 0 radical (unpaired) electrons. The van der Waals surface area contributed by atoms with Crippen molar-refractivity contribution in [3.8, 4) is 0 Å². The molecular formula is C14H22N4O. The van der Waals surface area contributed by atoms with E-state index in [0.29, 0.717) is 23.5 Å². The molecule has 1 aromatic rings. The van der Waals surface area contributed by atoms with Crippen LogP contribution in [0.2, 0.25) is 0 Å². The number of anilines is 1. The summed E-state index contributed by atoms with van der Waals surface area (Å²) in [4.78, 5) is 18.9. The maximum atomic E-state index is 12.7. The summed E-state index contributed by atoms with van der Waals surface area (Å²) in [6.07, 6.45) is 3.33. The van der Waals surface area contributed by atoms with Gasteiger partial charge in [-0.1, -0.05) is 0 Å². The number of piperidine rings is 1. The summed E-state index contributed by atoms with van der Waals surface area (Å²) < 4.78 is 0.